The maximum absolute atomic E-state index is 12.9. The van der Waals surface area contributed by atoms with Crippen molar-refractivity contribution in [1.82, 2.24) is 0 Å². The van der Waals surface area contributed by atoms with E-state index in [1.165, 1.54) is 45.6 Å². The van der Waals surface area contributed by atoms with Gasteiger partial charge in [-0.3, -0.25) is 0 Å². The molecule has 4 fully saturated rings. The Morgan fingerprint density at radius 2 is 1.56 bits per heavy atom. The highest BCUT2D eigenvalue weighted by molar-refractivity contribution is 7.91. The van der Waals surface area contributed by atoms with Crippen LogP contribution in [0.15, 0.2) is 17.0 Å². The van der Waals surface area contributed by atoms with Gasteiger partial charge in [-0.05, 0) is 56.3 Å². The second-order valence-corrected chi connectivity index (χ2v) is 10.9. The lowest BCUT2D eigenvalue weighted by Crippen LogP contribution is -2.52. The van der Waals surface area contributed by atoms with E-state index < -0.39 is 9.84 Å². The average Bonchev–Trinajstić information content (AvgIpc) is 2.59. The molecule has 27 heavy (non-hydrogen) atoms. The number of ether oxygens (including phenoxy) is 3. The lowest BCUT2D eigenvalue weighted by Gasteiger charge is -2.56. The summed E-state index contributed by atoms with van der Waals surface area (Å²) in [6.07, 6.45) is 7.29. The molecular formula is C20H27ClO5S. The third kappa shape index (κ3) is 3.68. The molecule has 4 aliphatic carbocycles. The Bertz CT molecular complexity index is 785. The standard InChI is InChI=1S/C20H27ClO5S/c1-24-17-9-19(18(25-2)8-16(17)21)27(22,23)4-3-26-20-10-13-5-14(11-20)7-15(6-13)12-20/h8-9,13-15H,3-7,10-12H2,1-2H3. The lowest BCUT2D eigenvalue weighted by molar-refractivity contribution is -0.158. The molecule has 0 aliphatic heterocycles. The molecule has 4 bridgehead atoms. The zero-order valence-electron chi connectivity index (χ0n) is 15.9. The van der Waals surface area contributed by atoms with Gasteiger partial charge < -0.3 is 14.2 Å². The summed E-state index contributed by atoms with van der Waals surface area (Å²) in [4.78, 5) is 0.0976. The minimum absolute atomic E-state index is 0.0735. The first-order chi connectivity index (χ1) is 12.8. The van der Waals surface area contributed by atoms with E-state index in [2.05, 4.69) is 0 Å². The van der Waals surface area contributed by atoms with Crippen LogP contribution < -0.4 is 9.47 Å². The van der Waals surface area contributed by atoms with Gasteiger partial charge in [-0.2, -0.15) is 0 Å². The summed E-state index contributed by atoms with van der Waals surface area (Å²) in [5.41, 5.74) is -0.0912. The summed E-state index contributed by atoms with van der Waals surface area (Å²) < 4.78 is 42.5. The minimum Gasteiger partial charge on any atom is -0.495 e. The molecule has 0 unspecified atom stereocenters. The van der Waals surface area contributed by atoms with Gasteiger partial charge in [0.1, 0.15) is 16.4 Å². The molecular weight excluding hydrogens is 388 g/mol. The number of benzene rings is 1. The topological polar surface area (TPSA) is 61.8 Å². The van der Waals surface area contributed by atoms with Crippen molar-refractivity contribution < 1.29 is 22.6 Å². The smallest absolute Gasteiger partial charge is 0.184 e. The molecule has 5 nitrogen and oxygen atoms in total. The fraction of sp³-hybridized carbons (Fsp3) is 0.700. The maximum Gasteiger partial charge on any atom is 0.184 e. The van der Waals surface area contributed by atoms with Gasteiger partial charge >= 0.3 is 0 Å². The molecule has 5 rings (SSSR count). The van der Waals surface area contributed by atoms with Crippen molar-refractivity contribution in [2.45, 2.75) is 49.0 Å². The fourth-order valence-electron chi connectivity index (χ4n) is 5.76. The van der Waals surface area contributed by atoms with Gasteiger partial charge in [0.05, 0.1) is 37.2 Å². The minimum atomic E-state index is -3.57. The van der Waals surface area contributed by atoms with Crippen molar-refractivity contribution in [3.05, 3.63) is 17.2 Å². The Kier molecular flexibility index (Phi) is 5.10. The summed E-state index contributed by atoms with van der Waals surface area (Å²) >= 11 is 6.09. The molecule has 0 spiro atoms. The molecule has 1 aromatic carbocycles. The quantitative estimate of drug-likeness (QED) is 0.671. The van der Waals surface area contributed by atoms with E-state index in [4.69, 9.17) is 25.8 Å². The van der Waals surface area contributed by atoms with Crippen molar-refractivity contribution in [2.24, 2.45) is 17.8 Å². The Hall–Kier alpha value is -0.980. The number of hydrogen-bond donors (Lipinski definition) is 0. The maximum atomic E-state index is 12.9. The Morgan fingerprint density at radius 3 is 2.07 bits per heavy atom. The van der Waals surface area contributed by atoms with Gasteiger partial charge in [0, 0.05) is 12.1 Å². The number of halogens is 1. The average molecular weight is 415 g/mol. The van der Waals surface area contributed by atoms with E-state index >= 15 is 0 Å². The van der Waals surface area contributed by atoms with Gasteiger partial charge in [-0.1, -0.05) is 11.6 Å². The normalized spacial score (nSPS) is 31.9. The predicted octanol–water partition coefficient (Wildman–Crippen LogP) is 4.12. The van der Waals surface area contributed by atoms with Crippen LogP contribution in [0.25, 0.3) is 0 Å². The largest absolute Gasteiger partial charge is 0.495 e. The monoisotopic (exact) mass is 414 g/mol. The van der Waals surface area contributed by atoms with Crippen molar-refractivity contribution >= 4 is 21.4 Å². The highest BCUT2D eigenvalue weighted by Crippen LogP contribution is 2.57. The van der Waals surface area contributed by atoms with Gasteiger partial charge in [0.25, 0.3) is 0 Å². The van der Waals surface area contributed by atoms with Gasteiger partial charge in [0.2, 0.25) is 0 Å². The van der Waals surface area contributed by atoms with Crippen molar-refractivity contribution in [2.75, 3.05) is 26.6 Å². The molecule has 0 amide bonds. The van der Waals surface area contributed by atoms with Crippen LogP contribution in [0.5, 0.6) is 11.5 Å². The number of sulfone groups is 1. The zero-order valence-corrected chi connectivity index (χ0v) is 17.4. The SMILES string of the molecule is COc1cc(S(=O)(=O)CCOC23CC4CC(CC(C4)C2)C3)c(OC)cc1Cl. The van der Waals surface area contributed by atoms with Crippen LogP contribution in [-0.2, 0) is 14.6 Å². The second kappa shape index (κ2) is 7.12. The van der Waals surface area contributed by atoms with Gasteiger partial charge in [-0.15, -0.1) is 0 Å². The van der Waals surface area contributed by atoms with Gasteiger partial charge in [-0.25, -0.2) is 8.42 Å². The first-order valence-electron chi connectivity index (χ1n) is 9.62. The van der Waals surface area contributed by atoms with Gasteiger partial charge in [0.15, 0.2) is 9.84 Å². The number of hydrogen-bond acceptors (Lipinski definition) is 5. The highest BCUT2D eigenvalue weighted by atomic mass is 35.5. The number of rotatable bonds is 7. The van der Waals surface area contributed by atoms with Crippen LogP contribution in [0.4, 0.5) is 0 Å². The summed E-state index contributed by atoms with van der Waals surface area (Å²) in [6.45, 7) is 0.211. The molecule has 7 heteroatoms. The first-order valence-corrected chi connectivity index (χ1v) is 11.7. The first kappa shape index (κ1) is 19.3. The van der Waals surface area contributed by atoms with E-state index in [-0.39, 0.29) is 28.6 Å². The molecule has 4 saturated carbocycles. The van der Waals surface area contributed by atoms with Crippen LogP contribution >= 0.6 is 11.6 Å². The molecule has 0 atom stereocenters. The van der Waals surface area contributed by atoms with Crippen LogP contribution in [0.3, 0.4) is 0 Å². The molecule has 0 heterocycles. The van der Waals surface area contributed by atoms with Crippen molar-refractivity contribution in [1.29, 1.82) is 0 Å². The van der Waals surface area contributed by atoms with Crippen LogP contribution in [0.1, 0.15) is 38.5 Å². The van der Waals surface area contributed by atoms with E-state index in [0.717, 1.165) is 37.0 Å². The summed E-state index contributed by atoms with van der Waals surface area (Å²) in [5.74, 6) is 2.79. The number of methoxy groups -OCH3 is 2. The summed E-state index contributed by atoms with van der Waals surface area (Å²) in [7, 11) is -0.682. The third-order valence-electron chi connectivity index (χ3n) is 6.52. The summed E-state index contributed by atoms with van der Waals surface area (Å²) in [6, 6.07) is 2.91. The zero-order chi connectivity index (χ0) is 19.2. The molecule has 0 N–H and O–H groups in total. The predicted molar refractivity (Wildman–Crippen MR) is 103 cm³/mol. The highest BCUT2D eigenvalue weighted by Gasteiger charge is 2.51. The van der Waals surface area contributed by atoms with Crippen LogP contribution in [0, 0.1) is 17.8 Å². The van der Waals surface area contributed by atoms with E-state index in [1.807, 2.05) is 0 Å². The molecule has 0 aromatic heterocycles. The van der Waals surface area contributed by atoms with Crippen molar-refractivity contribution in [3.8, 4) is 11.5 Å². The van der Waals surface area contributed by atoms with Crippen LogP contribution in [-0.4, -0.2) is 40.6 Å². The third-order valence-corrected chi connectivity index (χ3v) is 8.50. The molecule has 4 aliphatic rings. The summed E-state index contributed by atoms with van der Waals surface area (Å²) in [5, 5.41) is 0.318. The molecule has 0 radical (unpaired) electrons. The van der Waals surface area contributed by atoms with E-state index in [9.17, 15) is 8.42 Å². The van der Waals surface area contributed by atoms with Crippen LogP contribution in [0.2, 0.25) is 5.02 Å². The lowest BCUT2D eigenvalue weighted by atomic mass is 9.54. The van der Waals surface area contributed by atoms with E-state index in [1.54, 1.807) is 0 Å². The van der Waals surface area contributed by atoms with E-state index in [0.29, 0.717) is 10.8 Å². The Labute approximate surface area is 166 Å². The molecule has 150 valence electrons. The Balaban J connectivity index is 1.47. The second-order valence-electron chi connectivity index (χ2n) is 8.41. The van der Waals surface area contributed by atoms with Crippen molar-refractivity contribution in [3.63, 3.8) is 0 Å². The fourth-order valence-corrected chi connectivity index (χ4v) is 7.25. The molecule has 1 aromatic rings. The molecule has 0 saturated heterocycles. The Morgan fingerprint density at radius 1 is 1.00 bits per heavy atom.